The summed E-state index contributed by atoms with van der Waals surface area (Å²) in [6.07, 6.45) is 8.40. The molecule has 1 aromatic carbocycles. The number of hydrogen-bond acceptors (Lipinski definition) is 4. The first-order chi connectivity index (χ1) is 11.7. The van der Waals surface area contributed by atoms with Gasteiger partial charge in [-0.2, -0.15) is 0 Å². The molecule has 1 aromatic rings. The van der Waals surface area contributed by atoms with Gasteiger partial charge in [0.2, 0.25) is 0 Å². The lowest BCUT2D eigenvalue weighted by atomic mass is 10.1. The number of benzene rings is 1. The molecular weight excluding hydrogens is 304 g/mol. The molecule has 0 unspecified atom stereocenters. The molecule has 4 heteroatoms. The molecule has 0 aromatic heterocycles. The Bertz CT molecular complexity index is 496. The smallest absolute Gasteiger partial charge is 0.339 e. The number of unbranched alkanes of at least 4 members (excludes halogenated alkanes) is 6. The fourth-order valence-corrected chi connectivity index (χ4v) is 2.38. The van der Waals surface area contributed by atoms with E-state index in [0.717, 1.165) is 38.5 Å². The zero-order chi connectivity index (χ0) is 17.6. The lowest BCUT2D eigenvalue weighted by Gasteiger charge is -2.10. The zero-order valence-corrected chi connectivity index (χ0v) is 15.0. The molecule has 0 aliphatic rings. The van der Waals surface area contributed by atoms with Gasteiger partial charge in [0.1, 0.15) is 0 Å². The standard InChI is InChI=1S/C20H30O4/c1-3-5-7-8-12-16-24-20(22)18-14-10-9-13-17(18)19(21)23-15-11-6-4-2/h9-10,13-14H,3-8,11-12,15-16H2,1-2H3. The summed E-state index contributed by atoms with van der Waals surface area (Å²) in [6, 6.07) is 6.68. The number of carbonyl (C=O) groups is 2. The summed E-state index contributed by atoms with van der Waals surface area (Å²) >= 11 is 0. The summed E-state index contributed by atoms with van der Waals surface area (Å²) in [5, 5.41) is 0. The zero-order valence-electron chi connectivity index (χ0n) is 15.0. The van der Waals surface area contributed by atoms with E-state index in [1.54, 1.807) is 24.3 Å². The third-order valence-corrected chi connectivity index (χ3v) is 3.83. The summed E-state index contributed by atoms with van der Waals surface area (Å²) in [7, 11) is 0. The Hall–Kier alpha value is -1.84. The van der Waals surface area contributed by atoms with Crippen LogP contribution >= 0.6 is 0 Å². The molecule has 0 N–H and O–H groups in total. The third-order valence-electron chi connectivity index (χ3n) is 3.83. The molecule has 0 aliphatic heterocycles. The van der Waals surface area contributed by atoms with Gasteiger partial charge in [0, 0.05) is 0 Å². The van der Waals surface area contributed by atoms with Crippen LogP contribution in [0, 0.1) is 0 Å². The summed E-state index contributed by atoms with van der Waals surface area (Å²) in [4.78, 5) is 24.4. The quantitative estimate of drug-likeness (QED) is 0.391. The highest BCUT2D eigenvalue weighted by Crippen LogP contribution is 2.13. The summed E-state index contributed by atoms with van der Waals surface area (Å²) in [5.74, 6) is -0.909. The minimum atomic E-state index is -0.457. The van der Waals surface area contributed by atoms with E-state index >= 15 is 0 Å². The van der Waals surface area contributed by atoms with Gasteiger partial charge in [-0.3, -0.25) is 0 Å². The second kappa shape index (κ2) is 12.6. The Balaban J connectivity index is 2.49. The highest BCUT2D eigenvalue weighted by Gasteiger charge is 2.18. The third kappa shape index (κ3) is 7.62. The van der Waals surface area contributed by atoms with Crippen LogP contribution in [0.15, 0.2) is 24.3 Å². The highest BCUT2D eigenvalue weighted by atomic mass is 16.5. The van der Waals surface area contributed by atoms with Gasteiger partial charge in [-0.1, -0.05) is 64.5 Å². The topological polar surface area (TPSA) is 52.6 Å². The minimum absolute atomic E-state index is 0.282. The molecule has 4 nitrogen and oxygen atoms in total. The normalized spacial score (nSPS) is 10.4. The van der Waals surface area contributed by atoms with Crippen molar-refractivity contribution in [2.75, 3.05) is 13.2 Å². The molecule has 24 heavy (non-hydrogen) atoms. The van der Waals surface area contributed by atoms with Crippen LogP contribution in [0.2, 0.25) is 0 Å². The van der Waals surface area contributed by atoms with E-state index in [2.05, 4.69) is 13.8 Å². The van der Waals surface area contributed by atoms with E-state index in [9.17, 15) is 9.59 Å². The predicted octanol–water partition coefficient (Wildman–Crippen LogP) is 5.16. The van der Waals surface area contributed by atoms with Crippen LogP contribution in [-0.2, 0) is 9.47 Å². The molecule has 0 aliphatic carbocycles. The SMILES string of the molecule is CCCCCCCOC(=O)c1ccccc1C(=O)OCCCCC. The van der Waals surface area contributed by atoms with Crippen molar-refractivity contribution in [1.29, 1.82) is 0 Å². The van der Waals surface area contributed by atoms with Gasteiger partial charge < -0.3 is 9.47 Å². The van der Waals surface area contributed by atoms with Crippen molar-refractivity contribution in [1.82, 2.24) is 0 Å². The van der Waals surface area contributed by atoms with Gasteiger partial charge >= 0.3 is 11.9 Å². The molecule has 0 saturated heterocycles. The van der Waals surface area contributed by atoms with Crippen molar-refractivity contribution in [3.05, 3.63) is 35.4 Å². The maximum absolute atomic E-state index is 12.2. The van der Waals surface area contributed by atoms with Gasteiger partial charge in [-0.15, -0.1) is 0 Å². The van der Waals surface area contributed by atoms with Crippen molar-refractivity contribution >= 4 is 11.9 Å². The second-order valence-corrected chi connectivity index (χ2v) is 5.94. The minimum Gasteiger partial charge on any atom is -0.462 e. The fourth-order valence-electron chi connectivity index (χ4n) is 2.38. The Morgan fingerprint density at radius 3 is 1.62 bits per heavy atom. The van der Waals surface area contributed by atoms with Crippen molar-refractivity contribution < 1.29 is 19.1 Å². The summed E-state index contributed by atoms with van der Waals surface area (Å²) < 4.78 is 10.5. The highest BCUT2D eigenvalue weighted by molar-refractivity contribution is 6.03. The summed E-state index contributed by atoms with van der Waals surface area (Å²) in [5.41, 5.74) is 0.566. The lowest BCUT2D eigenvalue weighted by Crippen LogP contribution is -2.15. The molecule has 0 atom stereocenters. The first kappa shape index (κ1) is 20.2. The predicted molar refractivity (Wildman–Crippen MR) is 95.3 cm³/mol. The van der Waals surface area contributed by atoms with Crippen LogP contribution in [0.1, 0.15) is 85.9 Å². The molecule has 0 radical (unpaired) electrons. The van der Waals surface area contributed by atoms with E-state index in [0.29, 0.717) is 13.2 Å². The molecule has 134 valence electrons. The Morgan fingerprint density at radius 1 is 0.708 bits per heavy atom. The van der Waals surface area contributed by atoms with Crippen LogP contribution in [0.4, 0.5) is 0 Å². The average molecular weight is 334 g/mol. The van der Waals surface area contributed by atoms with Crippen LogP contribution in [0.25, 0.3) is 0 Å². The van der Waals surface area contributed by atoms with Gasteiger partial charge in [0.25, 0.3) is 0 Å². The van der Waals surface area contributed by atoms with Gasteiger partial charge in [-0.25, -0.2) is 9.59 Å². The second-order valence-electron chi connectivity index (χ2n) is 5.94. The molecule has 0 spiro atoms. The van der Waals surface area contributed by atoms with Crippen molar-refractivity contribution in [2.45, 2.75) is 65.2 Å². The molecule has 0 saturated carbocycles. The lowest BCUT2D eigenvalue weighted by molar-refractivity contribution is 0.0450. The maximum atomic E-state index is 12.2. The number of carbonyl (C=O) groups excluding carboxylic acids is 2. The summed E-state index contributed by atoms with van der Waals surface area (Å²) in [6.45, 7) is 5.03. The molecule has 0 fully saturated rings. The average Bonchev–Trinajstić information content (AvgIpc) is 2.61. The van der Waals surface area contributed by atoms with Crippen LogP contribution in [0.3, 0.4) is 0 Å². The molecule has 1 rings (SSSR count). The van der Waals surface area contributed by atoms with E-state index < -0.39 is 11.9 Å². The number of rotatable bonds is 12. The van der Waals surface area contributed by atoms with E-state index in [1.807, 2.05) is 0 Å². The van der Waals surface area contributed by atoms with Gasteiger partial charge in [0.05, 0.1) is 24.3 Å². The van der Waals surface area contributed by atoms with Crippen molar-refractivity contribution in [3.8, 4) is 0 Å². The molecule has 0 amide bonds. The van der Waals surface area contributed by atoms with Crippen molar-refractivity contribution in [2.24, 2.45) is 0 Å². The van der Waals surface area contributed by atoms with Crippen LogP contribution < -0.4 is 0 Å². The number of hydrogen-bond donors (Lipinski definition) is 0. The monoisotopic (exact) mass is 334 g/mol. The van der Waals surface area contributed by atoms with Crippen LogP contribution in [0.5, 0.6) is 0 Å². The Kier molecular flexibility index (Phi) is 10.6. The maximum Gasteiger partial charge on any atom is 0.339 e. The Morgan fingerprint density at radius 2 is 1.12 bits per heavy atom. The molecule has 0 heterocycles. The van der Waals surface area contributed by atoms with E-state index in [4.69, 9.17) is 9.47 Å². The number of esters is 2. The Labute approximate surface area is 145 Å². The van der Waals surface area contributed by atoms with Gasteiger partial charge in [-0.05, 0) is 25.0 Å². The first-order valence-electron chi connectivity index (χ1n) is 9.14. The van der Waals surface area contributed by atoms with Crippen molar-refractivity contribution in [3.63, 3.8) is 0 Å². The van der Waals surface area contributed by atoms with E-state index in [1.165, 1.54) is 12.8 Å². The molecule has 0 bridgehead atoms. The van der Waals surface area contributed by atoms with Crippen LogP contribution in [-0.4, -0.2) is 25.2 Å². The van der Waals surface area contributed by atoms with E-state index in [-0.39, 0.29) is 11.1 Å². The first-order valence-corrected chi connectivity index (χ1v) is 9.14. The largest absolute Gasteiger partial charge is 0.462 e. The fraction of sp³-hybridized carbons (Fsp3) is 0.600. The number of ether oxygens (including phenoxy) is 2. The molecular formula is C20H30O4. The van der Waals surface area contributed by atoms with Gasteiger partial charge in [0.15, 0.2) is 0 Å².